The molecule has 6 nitrogen and oxygen atoms in total. The van der Waals surface area contributed by atoms with Crippen molar-refractivity contribution in [1.82, 2.24) is 15.1 Å². The average Bonchev–Trinajstić information content (AvgIpc) is 3.04. The first-order valence-electron chi connectivity index (χ1n) is 7.08. The molecule has 1 amide bonds. The van der Waals surface area contributed by atoms with Crippen molar-refractivity contribution in [1.29, 1.82) is 0 Å². The Hall–Kier alpha value is -1.85. The highest BCUT2D eigenvalue weighted by Crippen LogP contribution is 2.28. The van der Waals surface area contributed by atoms with E-state index < -0.39 is 17.9 Å². The first-order chi connectivity index (χ1) is 9.49. The van der Waals surface area contributed by atoms with Crippen molar-refractivity contribution in [3.63, 3.8) is 0 Å². The summed E-state index contributed by atoms with van der Waals surface area (Å²) in [5.41, 5.74) is 0.281. The van der Waals surface area contributed by atoms with E-state index in [1.54, 1.807) is 26.1 Å². The van der Waals surface area contributed by atoms with Gasteiger partial charge in [-0.1, -0.05) is 26.7 Å². The smallest absolute Gasteiger partial charge is 0.326 e. The molecule has 1 aliphatic carbocycles. The monoisotopic (exact) mass is 279 g/mol. The first-order valence-corrected chi connectivity index (χ1v) is 7.08. The lowest BCUT2D eigenvalue weighted by Crippen LogP contribution is -2.44. The number of carboxylic acid groups (broad SMARTS) is 1. The SMILES string of the molecule is CC(C)C(NC(=O)c1ccn(C2CCCC2)n1)C(=O)O. The van der Waals surface area contributed by atoms with E-state index in [1.165, 1.54) is 12.8 Å². The lowest BCUT2D eigenvalue weighted by Gasteiger charge is -2.17. The molecule has 110 valence electrons. The molecule has 1 unspecified atom stereocenters. The summed E-state index contributed by atoms with van der Waals surface area (Å²) in [4.78, 5) is 23.1. The van der Waals surface area contributed by atoms with Gasteiger partial charge >= 0.3 is 5.97 Å². The molecule has 2 rings (SSSR count). The Bertz CT molecular complexity index is 490. The molecule has 1 fully saturated rings. The van der Waals surface area contributed by atoms with Gasteiger partial charge in [-0.3, -0.25) is 9.48 Å². The summed E-state index contributed by atoms with van der Waals surface area (Å²) in [6.07, 6.45) is 6.37. The van der Waals surface area contributed by atoms with Gasteiger partial charge in [0.15, 0.2) is 0 Å². The summed E-state index contributed by atoms with van der Waals surface area (Å²) < 4.78 is 1.83. The zero-order valence-corrected chi connectivity index (χ0v) is 11.9. The molecule has 1 atom stereocenters. The second-order valence-electron chi connectivity index (χ2n) is 5.65. The molecule has 0 bridgehead atoms. The number of aromatic nitrogens is 2. The lowest BCUT2D eigenvalue weighted by molar-refractivity contribution is -0.140. The molecule has 2 N–H and O–H groups in total. The summed E-state index contributed by atoms with van der Waals surface area (Å²) >= 11 is 0. The second-order valence-corrected chi connectivity index (χ2v) is 5.65. The molecule has 0 saturated heterocycles. The Morgan fingerprint density at radius 3 is 2.60 bits per heavy atom. The van der Waals surface area contributed by atoms with Crippen LogP contribution in [0.1, 0.15) is 56.1 Å². The lowest BCUT2D eigenvalue weighted by atomic mass is 10.0. The topological polar surface area (TPSA) is 84.2 Å². The molecule has 1 aromatic rings. The van der Waals surface area contributed by atoms with E-state index in [-0.39, 0.29) is 11.6 Å². The number of aliphatic carboxylic acids is 1. The van der Waals surface area contributed by atoms with Crippen LogP contribution in [0.2, 0.25) is 0 Å². The maximum absolute atomic E-state index is 12.0. The fourth-order valence-corrected chi connectivity index (χ4v) is 2.56. The summed E-state index contributed by atoms with van der Waals surface area (Å²) in [6, 6.07) is 1.13. The van der Waals surface area contributed by atoms with Crippen molar-refractivity contribution in [3.8, 4) is 0 Å². The molecule has 1 saturated carbocycles. The molecule has 1 heterocycles. The van der Waals surface area contributed by atoms with Gasteiger partial charge in [0.05, 0.1) is 6.04 Å². The average molecular weight is 279 g/mol. The number of carbonyl (C=O) groups is 2. The van der Waals surface area contributed by atoms with Crippen LogP contribution in [0.3, 0.4) is 0 Å². The van der Waals surface area contributed by atoms with E-state index >= 15 is 0 Å². The molecule has 1 aromatic heterocycles. The summed E-state index contributed by atoms with van der Waals surface area (Å²) in [6.45, 7) is 3.52. The minimum Gasteiger partial charge on any atom is -0.480 e. The molecule has 6 heteroatoms. The summed E-state index contributed by atoms with van der Waals surface area (Å²) in [5, 5.41) is 15.9. The predicted octanol–water partition coefficient (Wildman–Crippen LogP) is 1.84. The largest absolute Gasteiger partial charge is 0.480 e. The Kier molecular flexibility index (Phi) is 4.42. The van der Waals surface area contributed by atoms with Gasteiger partial charge in [0.2, 0.25) is 0 Å². The molecular weight excluding hydrogens is 258 g/mol. The highest BCUT2D eigenvalue weighted by molar-refractivity contribution is 5.94. The van der Waals surface area contributed by atoms with Crippen LogP contribution in [0, 0.1) is 5.92 Å². The first kappa shape index (κ1) is 14.6. The Morgan fingerprint density at radius 1 is 1.40 bits per heavy atom. The predicted molar refractivity (Wildman–Crippen MR) is 73.5 cm³/mol. The van der Waals surface area contributed by atoms with Gasteiger partial charge in [0, 0.05) is 6.20 Å². The number of nitrogens with zero attached hydrogens (tertiary/aromatic N) is 2. The molecule has 0 aromatic carbocycles. The van der Waals surface area contributed by atoms with Crippen molar-refractivity contribution >= 4 is 11.9 Å². The second kappa shape index (κ2) is 6.07. The quantitative estimate of drug-likeness (QED) is 0.861. The Balaban J connectivity index is 2.03. The molecule has 1 aliphatic rings. The van der Waals surface area contributed by atoms with Crippen LogP contribution in [0.25, 0.3) is 0 Å². The molecule has 0 aliphatic heterocycles. The van der Waals surface area contributed by atoms with Crippen LogP contribution in [-0.2, 0) is 4.79 Å². The van der Waals surface area contributed by atoms with Crippen molar-refractivity contribution in [2.24, 2.45) is 5.92 Å². The zero-order chi connectivity index (χ0) is 14.7. The van der Waals surface area contributed by atoms with Crippen LogP contribution >= 0.6 is 0 Å². The number of nitrogens with one attached hydrogen (secondary N) is 1. The highest BCUT2D eigenvalue weighted by Gasteiger charge is 2.25. The summed E-state index contributed by atoms with van der Waals surface area (Å²) in [5.74, 6) is -1.63. The van der Waals surface area contributed by atoms with E-state index in [1.807, 2.05) is 4.68 Å². The Labute approximate surface area is 118 Å². The minimum atomic E-state index is -1.02. The fraction of sp³-hybridized carbons (Fsp3) is 0.643. The third-order valence-corrected chi connectivity index (χ3v) is 3.76. The third-order valence-electron chi connectivity index (χ3n) is 3.76. The van der Waals surface area contributed by atoms with Crippen LogP contribution < -0.4 is 5.32 Å². The number of carboxylic acids is 1. The van der Waals surface area contributed by atoms with E-state index in [0.29, 0.717) is 6.04 Å². The highest BCUT2D eigenvalue weighted by atomic mass is 16.4. The van der Waals surface area contributed by atoms with Crippen LogP contribution in [0.4, 0.5) is 0 Å². The van der Waals surface area contributed by atoms with E-state index in [9.17, 15) is 9.59 Å². The van der Waals surface area contributed by atoms with E-state index in [0.717, 1.165) is 12.8 Å². The Morgan fingerprint density at radius 2 is 2.05 bits per heavy atom. The minimum absolute atomic E-state index is 0.173. The number of rotatable bonds is 5. The summed E-state index contributed by atoms with van der Waals surface area (Å²) in [7, 11) is 0. The molecule has 0 spiro atoms. The zero-order valence-electron chi connectivity index (χ0n) is 11.9. The standard InChI is InChI=1S/C14H21N3O3/c1-9(2)12(14(19)20)15-13(18)11-7-8-17(16-11)10-5-3-4-6-10/h7-10,12H,3-6H2,1-2H3,(H,15,18)(H,19,20). The van der Waals surface area contributed by atoms with E-state index in [4.69, 9.17) is 5.11 Å². The maximum atomic E-state index is 12.0. The van der Waals surface area contributed by atoms with Gasteiger partial charge < -0.3 is 10.4 Å². The number of carbonyl (C=O) groups excluding carboxylic acids is 1. The van der Waals surface area contributed by atoms with Gasteiger partial charge in [-0.2, -0.15) is 5.10 Å². The third kappa shape index (κ3) is 3.18. The van der Waals surface area contributed by atoms with Crippen LogP contribution in [0.15, 0.2) is 12.3 Å². The number of hydrogen-bond acceptors (Lipinski definition) is 3. The number of hydrogen-bond donors (Lipinski definition) is 2. The van der Waals surface area contributed by atoms with Gasteiger partial charge in [-0.25, -0.2) is 4.79 Å². The molecular formula is C14H21N3O3. The van der Waals surface area contributed by atoms with E-state index in [2.05, 4.69) is 10.4 Å². The van der Waals surface area contributed by atoms with Gasteiger partial charge in [-0.05, 0) is 24.8 Å². The van der Waals surface area contributed by atoms with Crippen LogP contribution in [-0.4, -0.2) is 32.8 Å². The van der Waals surface area contributed by atoms with Crippen molar-refractivity contribution in [3.05, 3.63) is 18.0 Å². The van der Waals surface area contributed by atoms with Crippen molar-refractivity contribution in [2.45, 2.75) is 51.6 Å². The van der Waals surface area contributed by atoms with Gasteiger partial charge in [0.1, 0.15) is 11.7 Å². The van der Waals surface area contributed by atoms with Crippen LogP contribution in [0.5, 0.6) is 0 Å². The maximum Gasteiger partial charge on any atom is 0.326 e. The van der Waals surface area contributed by atoms with Crippen molar-refractivity contribution < 1.29 is 14.7 Å². The molecule has 20 heavy (non-hydrogen) atoms. The number of amides is 1. The van der Waals surface area contributed by atoms with Gasteiger partial charge in [0.25, 0.3) is 5.91 Å². The fourth-order valence-electron chi connectivity index (χ4n) is 2.56. The molecule has 0 radical (unpaired) electrons. The van der Waals surface area contributed by atoms with Crippen molar-refractivity contribution in [2.75, 3.05) is 0 Å². The normalized spacial score (nSPS) is 17.4. The van der Waals surface area contributed by atoms with Gasteiger partial charge in [-0.15, -0.1) is 0 Å².